The molecule has 1 aliphatic carbocycles. The van der Waals surface area contributed by atoms with E-state index in [4.69, 9.17) is 11.1 Å². The number of rotatable bonds is 3. The Morgan fingerprint density at radius 2 is 2.38 bits per heavy atom. The van der Waals surface area contributed by atoms with Crippen molar-refractivity contribution in [2.75, 3.05) is 0 Å². The molecule has 1 fully saturated rings. The van der Waals surface area contributed by atoms with Crippen molar-refractivity contribution in [1.82, 2.24) is 9.38 Å². The molecule has 0 aliphatic heterocycles. The SMILES string of the molecule is N=C(N)Cc1cccn2c(C3CC3)ncc12. The first-order valence-electron chi connectivity index (χ1n) is 5.53. The van der Waals surface area contributed by atoms with Crippen LogP contribution in [0.5, 0.6) is 0 Å². The summed E-state index contributed by atoms with van der Waals surface area (Å²) in [5.74, 6) is 1.98. The van der Waals surface area contributed by atoms with Crippen molar-refractivity contribution < 1.29 is 0 Å². The quantitative estimate of drug-likeness (QED) is 0.603. The standard InChI is InChI=1S/C12H14N4/c13-11(14)6-9-2-1-5-16-10(9)7-15-12(16)8-3-4-8/h1-2,5,7-8H,3-4,6H2,(H3,13,14). The lowest BCUT2D eigenvalue weighted by molar-refractivity contribution is 0.918. The maximum absolute atomic E-state index is 7.36. The second-order valence-corrected chi connectivity index (χ2v) is 4.38. The van der Waals surface area contributed by atoms with Gasteiger partial charge < -0.3 is 10.1 Å². The molecular formula is C12H14N4. The molecule has 0 radical (unpaired) electrons. The Labute approximate surface area is 93.6 Å². The minimum Gasteiger partial charge on any atom is -0.387 e. The van der Waals surface area contributed by atoms with Gasteiger partial charge in [-0.05, 0) is 24.5 Å². The van der Waals surface area contributed by atoms with Crippen LogP contribution in [0, 0.1) is 5.41 Å². The molecule has 1 aliphatic rings. The van der Waals surface area contributed by atoms with E-state index in [0.717, 1.165) is 16.9 Å². The summed E-state index contributed by atoms with van der Waals surface area (Å²) in [7, 11) is 0. The number of imidazole rings is 1. The van der Waals surface area contributed by atoms with Gasteiger partial charge in [-0.1, -0.05) is 6.07 Å². The number of aromatic nitrogens is 2. The zero-order chi connectivity index (χ0) is 11.1. The Morgan fingerprint density at radius 1 is 1.56 bits per heavy atom. The molecule has 82 valence electrons. The Kier molecular flexibility index (Phi) is 1.96. The largest absolute Gasteiger partial charge is 0.387 e. The third-order valence-electron chi connectivity index (χ3n) is 3.01. The van der Waals surface area contributed by atoms with Crippen molar-refractivity contribution in [1.29, 1.82) is 5.41 Å². The normalized spacial score (nSPS) is 15.5. The summed E-state index contributed by atoms with van der Waals surface area (Å²) in [5.41, 5.74) is 7.61. The Hall–Kier alpha value is -1.84. The highest BCUT2D eigenvalue weighted by molar-refractivity contribution is 5.81. The van der Waals surface area contributed by atoms with Gasteiger partial charge in [0.25, 0.3) is 0 Å². The predicted molar refractivity (Wildman–Crippen MR) is 62.8 cm³/mol. The fourth-order valence-corrected chi connectivity index (χ4v) is 2.10. The fourth-order valence-electron chi connectivity index (χ4n) is 2.10. The summed E-state index contributed by atoms with van der Waals surface area (Å²) in [6.45, 7) is 0. The molecule has 0 unspecified atom stereocenters. The molecule has 0 spiro atoms. The fraction of sp³-hybridized carbons (Fsp3) is 0.333. The van der Waals surface area contributed by atoms with Gasteiger partial charge in [0, 0.05) is 18.5 Å². The van der Waals surface area contributed by atoms with Crippen LogP contribution in [-0.4, -0.2) is 15.2 Å². The first kappa shape index (κ1) is 9.39. The van der Waals surface area contributed by atoms with Gasteiger partial charge in [-0.15, -0.1) is 0 Å². The van der Waals surface area contributed by atoms with Gasteiger partial charge >= 0.3 is 0 Å². The van der Waals surface area contributed by atoms with Crippen molar-refractivity contribution in [2.24, 2.45) is 5.73 Å². The van der Waals surface area contributed by atoms with Crippen LogP contribution in [-0.2, 0) is 6.42 Å². The number of nitrogens with two attached hydrogens (primary N) is 1. The smallest absolute Gasteiger partial charge is 0.116 e. The van der Waals surface area contributed by atoms with Gasteiger partial charge in [-0.3, -0.25) is 5.41 Å². The summed E-state index contributed by atoms with van der Waals surface area (Å²) in [6, 6.07) is 4.01. The van der Waals surface area contributed by atoms with Crippen LogP contribution in [0.4, 0.5) is 0 Å². The molecule has 2 aromatic rings. The van der Waals surface area contributed by atoms with Crippen LogP contribution < -0.4 is 5.73 Å². The molecule has 0 saturated heterocycles. The Balaban J connectivity index is 2.12. The lowest BCUT2D eigenvalue weighted by Gasteiger charge is -2.04. The summed E-state index contributed by atoms with van der Waals surface area (Å²) in [4.78, 5) is 4.48. The van der Waals surface area contributed by atoms with E-state index in [1.165, 1.54) is 12.8 Å². The van der Waals surface area contributed by atoms with Gasteiger partial charge in [-0.25, -0.2) is 4.98 Å². The average Bonchev–Trinajstić information content (AvgIpc) is 2.98. The molecule has 4 nitrogen and oxygen atoms in total. The summed E-state index contributed by atoms with van der Waals surface area (Å²) in [6.07, 6.45) is 6.93. The highest BCUT2D eigenvalue weighted by atomic mass is 15.0. The summed E-state index contributed by atoms with van der Waals surface area (Å²) < 4.78 is 2.13. The summed E-state index contributed by atoms with van der Waals surface area (Å²) >= 11 is 0. The number of fused-ring (bicyclic) bond motifs is 1. The lowest BCUT2D eigenvalue weighted by Crippen LogP contribution is -2.13. The number of pyridine rings is 1. The molecule has 16 heavy (non-hydrogen) atoms. The van der Waals surface area contributed by atoms with Crippen molar-refractivity contribution in [3.8, 4) is 0 Å². The van der Waals surface area contributed by atoms with E-state index >= 15 is 0 Å². The van der Waals surface area contributed by atoms with E-state index < -0.39 is 0 Å². The lowest BCUT2D eigenvalue weighted by atomic mass is 10.1. The van der Waals surface area contributed by atoms with E-state index in [2.05, 4.69) is 9.38 Å². The molecular weight excluding hydrogens is 200 g/mol. The van der Waals surface area contributed by atoms with E-state index in [1.54, 1.807) is 0 Å². The van der Waals surface area contributed by atoms with Crippen molar-refractivity contribution in [3.05, 3.63) is 35.9 Å². The average molecular weight is 214 g/mol. The molecule has 2 aromatic heterocycles. The van der Waals surface area contributed by atoms with Crippen LogP contribution in [0.3, 0.4) is 0 Å². The molecule has 0 aromatic carbocycles. The van der Waals surface area contributed by atoms with Gasteiger partial charge in [0.05, 0.1) is 17.5 Å². The first-order chi connectivity index (χ1) is 7.75. The third-order valence-corrected chi connectivity index (χ3v) is 3.01. The van der Waals surface area contributed by atoms with Crippen molar-refractivity contribution in [3.63, 3.8) is 0 Å². The van der Waals surface area contributed by atoms with Crippen LogP contribution in [0.25, 0.3) is 5.52 Å². The molecule has 2 heterocycles. The molecule has 4 heteroatoms. The van der Waals surface area contributed by atoms with Crippen LogP contribution in [0.1, 0.15) is 30.1 Å². The van der Waals surface area contributed by atoms with Gasteiger partial charge in [-0.2, -0.15) is 0 Å². The topological polar surface area (TPSA) is 67.2 Å². The van der Waals surface area contributed by atoms with Gasteiger partial charge in [0.15, 0.2) is 0 Å². The maximum Gasteiger partial charge on any atom is 0.116 e. The highest BCUT2D eigenvalue weighted by Crippen LogP contribution is 2.39. The molecule has 0 bridgehead atoms. The zero-order valence-electron chi connectivity index (χ0n) is 8.98. The third kappa shape index (κ3) is 1.46. The first-order valence-corrected chi connectivity index (χ1v) is 5.53. The minimum atomic E-state index is 0.197. The van der Waals surface area contributed by atoms with Crippen molar-refractivity contribution in [2.45, 2.75) is 25.2 Å². The van der Waals surface area contributed by atoms with E-state index in [0.29, 0.717) is 12.3 Å². The van der Waals surface area contributed by atoms with E-state index in [-0.39, 0.29) is 5.84 Å². The molecule has 0 atom stereocenters. The Bertz CT molecular complexity index is 551. The van der Waals surface area contributed by atoms with Crippen LogP contribution in [0.2, 0.25) is 0 Å². The van der Waals surface area contributed by atoms with E-state index in [9.17, 15) is 0 Å². The van der Waals surface area contributed by atoms with Crippen molar-refractivity contribution >= 4 is 11.4 Å². The van der Waals surface area contributed by atoms with Gasteiger partial charge in [0.1, 0.15) is 5.82 Å². The number of nitrogens with zero attached hydrogens (tertiary/aromatic N) is 2. The van der Waals surface area contributed by atoms with E-state index in [1.807, 2.05) is 24.5 Å². The summed E-state index contributed by atoms with van der Waals surface area (Å²) in [5, 5.41) is 7.36. The Morgan fingerprint density at radius 3 is 3.06 bits per heavy atom. The predicted octanol–water partition coefficient (Wildman–Crippen LogP) is 1.69. The number of hydrogen-bond donors (Lipinski definition) is 2. The second kappa shape index (κ2) is 3.33. The highest BCUT2D eigenvalue weighted by Gasteiger charge is 2.27. The van der Waals surface area contributed by atoms with Crippen LogP contribution in [0.15, 0.2) is 24.5 Å². The van der Waals surface area contributed by atoms with Crippen LogP contribution >= 0.6 is 0 Å². The number of nitrogens with one attached hydrogen (secondary N) is 1. The zero-order valence-corrected chi connectivity index (χ0v) is 8.98. The molecule has 3 rings (SSSR count). The molecule has 0 amide bonds. The minimum absolute atomic E-state index is 0.197. The number of amidine groups is 1. The number of hydrogen-bond acceptors (Lipinski definition) is 2. The molecule has 1 saturated carbocycles. The monoisotopic (exact) mass is 214 g/mol. The molecule has 3 N–H and O–H groups in total. The maximum atomic E-state index is 7.36. The van der Waals surface area contributed by atoms with Gasteiger partial charge in [0.2, 0.25) is 0 Å². The second-order valence-electron chi connectivity index (χ2n) is 4.38.